The van der Waals surface area contributed by atoms with Crippen LogP contribution in [0, 0.1) is 0 Å². The van der Waals surface area contributed by atoms with Crippen molar-refractivity contribution < 1.29 is 24.0 Å². The minimum absolute atomic E-state index is 0.0436. The normalized spacial score (nSPS) is 15.8. The van der Waals surface area contributed by atoms with Gasteiger partial charge in [-0.3, -0.25) is 9.59 Å². The number of benzene rings is 1. The number of quaternary nitrogens is 1. The van der Waals surface area contributed by atoms with Crippen LogP contribution in [0.25, 0.3) is 0 Å². The number of hydrogen-bond acceptors (Lipinski definition) is 4. The first-order valence-corrected chi connectivity index (χ1v) is 9.16. The summed E-state index contributed by atoms with van der Waals surface area (Å²) in [6.07, 6.45) is 0.890. The molecule has 1 aliphatic heterocycles. The SMILES string of the molecule is CCOc1cc2c(cc1OCC)C[NH+](CC(=O)NCC(=O)N(C)C)CC2. The molecule has 0 aliphatic carbocycles. The lowest BCUT2D eigenvalue weighted by Crippen LogP contribution is -3.12. The van der Waals surface area contributed by atoms with E-state index in [-0.39, 0.29) is 18.4 Å². The molecule has 0 aromatic heterocycles. The number of hydrogen-bond donors (Lipinski definition) is 2. The molecule has 7 heteroatoms. The first-order valence-electron chi connectivity index (χ1n) is 9.16. The van der Waals surface area contributed by atoms with Crippen LogP contribution in [0.2, 0.25) is 0 Å². The van der Waals surface area contributed by atoms with Crippen molar-refractivity contribution in [3.8, 4) is 11.5 Å². The Hall–Kier alpha value is -2.28. The highest BCUT2D eigenvalue weighted by Crippen LogP contribution is 2.32. The van der Waals surface area contributed by atoms with Gasteiger partial charge in [0.1, 0.15) is 6.54 Å². The van der Waals surface area contributed by atoms with Crippen LogP contribution < -0.4 is 19.7 Å². The number of carbonyl (C=O) groups excluding carboxylic acids is 2. The minimum atomic E-state index is -0.109. The molecule has 0 bridgehead atoms. The molecule has 26 heavy (non-hydrogen) atoms. The quantitative estimate of drug-likeness (QED) is 0.660. The third kappa shape index (κ3) is 5.36. The van der Waals surface area contributed by atoms with E-state index in [1.54, 1.807) is 14.1 Å². The van der Waals surface area contributed by atoms with E-state index in [0.29, 0.717) is 19.8 Å². The molecule has 1 atom stereocenters. The van der Waals surface area contributed by atoms with E-state index in [2.05, 4.69) is 11.4 Å². The van der Waals surface area contributed by atoms with Crippen molar-refractivity contribution in [2.45, 2.75) is 26.8 Å². The third-order valence-electron chi connectivity index (χ3n) is 4.40. The number of nitrogens with zero attached hydrogens (tertiary/aromatic N) is 1. The van der Waals surface area contributed by atoms with E-state index >= 15 is 0 Å². The largest absolute Gasteiger partial charge is 0.490 e. The van der Waals surface area contributed by atoms with E-state index in [9.17, 15) is 9.59 Å². The molecular weight excluding hydrogens is 334 g/mol. The minimum Gasteiger partial charge on any atom is -0.490 e. The van der Waals surface area contributed by atoms with Crippen molar-refractivity contribution in [1.82, 2.24) is 10.2 Å². The lowest BCUT2D eigenvalue weighted by atomic mass is 9.99. The van der Waals surface area contributed by atoms with Crippen LogP contribution in [0.5, 0.6) is 11.5 Å². The van der Waals surface area contributed by atoms with Crippen molar-refractivity contribution >= 4 is 11.8 Å². The molecule has 1 heterocycles. The zero-order valence-electron chi connectivity index (χ0n) is 16.2. The van der Waals surface area contributed by atoms with Gasteiger partial charge >= 0.3 is 0 Å². The fourth-order valence-corrected chi connectivity index (χ4v) is 3.02. The Morgan fingerprint density at radius 1 is 1.12 bits per heavy atom. The van der Waals surface area contributed by atoms with E-state index in [1.165, 1.54) is 20.9 Å². The van der Waals surface area contributed by atoms with E-state index < -0.39 is 0 Å². The highest BCUT2D eigenvalue weighted by atomic mass is 16.5. The van der Waals surface area contributed by atoms with Gasteiger partial charge in [-0.2, -0.15) is 0 Å². The molecule has 0 radical (unpaired) electrons. The van der Waals surface area contributed by atoms with E-state index in [0.717, 1.165) is 31.0 Å². The average Bonchev–Trinajstić information content (AvgIpc) is 2.60. The second-order valence-electron chi connectivity index (χ2n) is 6.60. The summed E-state index contributed by atoms with van der Waals surface area (Å²) in [5.74, 6) is 1.34. The summed E-state index contributed by atoms with van der Waals surface area (Å²) < 4.78 is 11.4. The fourth-order valence-electron chi connectivity index (χ4n) is 3.02. The molecule has 1 aromatic carbocycles. The molecule has 1 unspecified atom stereocenters. The van der Waals surface area contributed by atoms with Crippen LogP contribution in [-0.2, 0) is 22.6 Å². The number of nitrogens with one attached hydrogen (secondary N) is 2. The van der Waals surface area contributed by atoms with Gasteiger partial charge in [0.2, 0.25) is 5.91 Å². The monoisotopic (exact) mass is 364 g/mol. The number of rotatable bonds is 8. The number of fused-ring (bicyclic) bond motifs is 1. The smallest absolute Gasteiger partial charge is 0.275 e. The maximum absolute atomic E-state index is 12.1. The standard InChI is InChI=1S/C19H29N3O4/c1-5-25-16-9-14-7-8-22(12-15(14)10-17(16)26-6-2)13-18(23)20-11-19(24)21(3)4/h9-10H,5-8,11-13H2,1-4H3,(H,20,23)/p+1. The van der Waals surface area contributed by atoms with Gasteiger partial charge in [-0.05, 0) is 31.5 Å². The lowest BCUT2D eigenvalue weighted by molar-refractivity contribution is -0.908. The van der Waals surface area contributed by atoms with Gasteiger partial charge in [-0.1, -0.05) is 0 Å². The zero-order chi connectivity index (χ0) is 19.1. The highest BCUT2D eigenvalue weighted by Gasteiger charge is 2.24. The van der Waals surface area contributed by atoms with Gasteiger partial charge in [0, 0.05) is 26.1 Å². The van der Waals surface area contributed by atoms with Gasteiger partial charge < -0.3 is 24.6 Å². The van der Waals surface area contributed by atoms with Crippen molar-refractivity contribution in [3.05, 3.63) is 23.3 Å². The molecule has 2 N–H and O–H groups in total. The molecule has 0 fully saturated rings. The summed E-state index contributed by atoms with van der Waals surface area (Å²) in [5.41, 5.74) is 2.44. The maximum Gasteiger partial charge on any atom is 0.275 e. The molecule has 1 aliphatic rings. The Bertz CT molecular complexity index is 646. The number of amides is 2. The molecule has 144 valence electrons. The van der Waals surface area contributed by atoms with Crippen molar-refractivity contribution in [3.63, 3.8) is 0 Å². The summed E-state index contributed by atoms with van der Waals surface area (Å²) in [7, 11) is 3.35. The molecule has 0 spiro atoms. The summed E-state index contributed by atoms with van der Waals surface area (Å²) in [5, 5.41) is 2.70. The number of likely N-dealkylation sites (N-methyl/N-ethyl adjacent to an activating group) is 1. The summed E-state index contributed by atoms with van der Waals surface area (Å²) in [6, 6.07) is 4.10. The summed E-state index contributed by atoms with van der Waals surface area (Å²) >= 11 is 0. The zero-order valence-corrected chi connectivity index (χ0v) is 16.2. The maximum atomic E-state index is 12.1. The topological polar surface area (TPSA) is 72.3 Å². The van der Waals surface area contributed by atoms with Gasteiger partial charge in [-0.15, -0.1) is 0 Å². The van der Waals surface area contributed by atoms with Crippen LogP contribution in [-0.4, -0.2) is 63.7 Å². The van der Waals surface area contributed by atoms with Crippen molar-refractivity contribution in [2.75, 3.05) is 46.9 Å². The lowest BCUT2D eigenvalue weighted by Gasteiger charge is -2.26. The summed E-state index contributed by atoms with van der Waals surface area (Å²) in [6.45, 7) is 7.13. The third-order valence-corrected chi connectivity index (χ3v) is 4.40. The van der Waals surface area contributed by atoms with Crippen molar-refractivity contribution in [2.24, 2.45) is 0 Å². The molecule has 0 saturated heterocycles. The van der Waals surface area contributed by atoms with Gasteiger partial charge in [0.05, 0.1) is 26.3 Å². The Morgan fingerprint density at radius 3 is 2.31 bits per heavy atom. The molecule has 2 rings (SSSR count). The van der Waals surface area contributed by atoms with Crippen LogP contribution in [0.15, 0.2) is 12.1 Å². The number of carbonyl (C=O) groups is 2. The summed E-state index contributed by atoms with van der Waals surface area (Å²) in [4.78, 5) is 26.3. The molecule has 0 saturated carbocycles. The Labute approximate surface area is 155 Å². The molecule has 1 aromatic rings. The Morgan fingerprint density at radius 2 is 1.73 bits per heavy atom. The van der Waals surface area contributed by atoms with E-state index in [4.69, 9.17) is 9.47 Å². The van der Waals surface area contributed by atoms with E-state index in [1.807, 2.05) is 19.9 Å². The first kappa shape index (κ1) is 20.0. The highest BCUT2D eigenvalue weighted by molar-refractivity contribution is 5.84. The van der Waals surface area contributed by atoms with Gasteiger partial charge in [0.25, 0.3) is 5.91 Å². The molecule has 2 amide bonds. The van der Waals surface area contributed by atoms with Gasteiger partial charge in [-0.25, -0.2) is 0 Å². The van der Waals surface area contributed by atoms with Crippen molar-refractivity contribution in [1.29, 1.82) is 0 Å². The Kier molecular flexibility index (Phi) is 7.26. The number of ether oxygens (including phenoxy) is 2. The predicted molar refractivity (Wildman–Crippen MR) is 98.6 cm³/mol. The second-order valence-corrected chi connectivity index (χ2v) is 6.60. The fraction of sp³-hybridized carbons (Fsp3) is 0.579. The first-order chi connectivity index (χ1) is 12.4. The Balaban J connectivity index is 1.98. The second kappa shape index (κ2) is 9.43. The molecular formula is C19H30N3O4+. The molecule has 7 nitrogen and oxygen atoms in total. The van der Waals surface area contributed by atoms with Crippen LogP contribution >= 0.6 is 0 Å². The van der Waals surface area contributed by atoms with Gasteiger partial charge in [0.15, 0.2) is 18.0 Å². The average molecular weight is 364 g/mol. The van der Waals surface area contributed by atoms with Crippen LogP contribution in [0.1, 0.15) is 25.0 Å². The van der Waals surface area contributed by atoms with Crippen LogP contribution in [0.3, 0.4) is 0 Å². The van der Waals surface area contributed by atoms with Crippen LogP contribution in [0.4, 0.5) is 0 Å². The predicted octanol–water partition coefficient (Wildman–Crippen LogP) is -0.371.